The van der Waals surface area contributed by atoms with Gasteiger partial charge in [-0.2, -0.15) is 50.4 Å². The van der Waals surface area contributed by atoms with Crippen LogP contribution in [0.1, 0.15) is 12.8 Å². The van der Waals surface area contributed by atoms with Gasteiger partial charge in [0.1, 0.15) is 34.9 Å². The number of aromatic nitrogens is 21. The number of benzene rings is 11. The lowest BCUT2D eigenvalue weighted by Gasteiger charge is -2.14. The van der Waals surface area contributed by atoms with Gasteiger partial charge in [-0.25, -0.2) is 29.3 Å². The molecule has 23 rings (SSSR count). The molecule has 1 aliphatic carbocycles. The second kappa shape index (κ2) is 46.2. The van der Waals surface area contributed by atoms with Gasteiger partial charge >= 0.3 is 0 Å². The minimum Gasteiger partial charge on any atom is -0.493 e. The maximum absolute atomic E-state index is 13.3. The molecule has 1 saturated carbocycles. The van der Waals surface area contributed by atoms with E-state index in [1.54, 1.807) is 146 Å². The maximum atomic E-state index is 13.3. The largest absolute Gasteiger partial charge is 0.493 e. The predicted octanol–water partition coefficient (Wildman–Crippen LogP) is 22.4. The smallest absolute Gasteiger partial charge is 0.229 e. The first-order valence-corrected chi connectivity index (χ1v) is 51.8. The molecule has 0 bridgehead atoms. The minimum absolute atomic E-state index is 0.145. The number of aromatic amines is 5. The summed E-state index contributed by atoms with van der Waals surface area (Å²) in [6.07, 6.45) is 14.6. The maximum Gasteiger partial charge on any atom is 0.229 e. The molecule has 41 nitrogen and oxygen atoms in total. The quantitative estimate of drug-likeness (QED) is 0.0113. The second-order valence-corrected chi connectivity index (χ2v) is 32.7. The van der Waals surface area contributed by atoms with Crippen LogP contribution < -0.4 is 95.2 Å². The molecule has 147 heavy (non-hydrogen) atoms. The standard InChI is InChI=1S/C23H19FN6O2.C22H19N7O2.C20H22N6O3.C20H20N6O2.C17H14ClN5O2.I2/c1-31-20-10-17-19(11-21(20)32-2)28-23(27-15-5-3-14(24)4-6-15)29-22(17)26-16-7-8-18-13(9-16)12-25-30-18;1-30-19-10-16-18(11-20(19)31-2)27-22(26-14-5-7-23-8-6-14)28-21(16)25-15-3-4-17-13(9-15)12-24-29-17;1-27-7-6-21-20-24-16-10-18(29-3)17(28-2)9-14(16)19(25-20)23-13-4-5-15-12(8-13)11-22-26-15;1-27-17-8-14-16(9-18(17)28-2)24-20(23-12-3-4-12)25-19(14)22-13-5-6-15-11(7-13)10-21-26-15;1-24-14-6-11-13(7-15(14)25-2)21-17(18)22-16(11)20-10-3-4-12-9(5-10)8-19-23-12;1-2/h3-12H,1-2H3,(H,25,30)(H2,26,27,28,29);3-12H,1-2H3,(H,24,29)(H2,23,25,26,27,28);4-5,8-11H,6-7H2,1-3H3,(H,22,26)(H2,21,23,24,25);5-10,12H,3-4H2,1-2H3,(H,21,26)(H2,22,23,24,25);3-8H,1-2H3,(H,19,23)(H,20,21,22);. The number of hydrogen-bond donors (Lipinski definition) is 14. The monoisotopic (exact) mass is 2220 g/mol. The Kier molecular flexibility index (Phi) is 31.3. The van der Waals surface area contributed by atoms with Gasteiger partial charge in [0.25, 0.3) is 0 Å². The van der Waals surface area contributed by atoms with Gasteiger partial charge in [-0.15, -0.1) is 0 Å². The molecular weight excluding hydrogens is 2130 g/mol. The molecule has 0 atom stereocenters. The normalized spacial score (nSPS) is 11.4. The topological polar surface area (TPSA) is 495 Å². The Morgan fingerprint density at radius 3 is 0.871 bits per heavy atom. The number of nitrogens with zero attached hydrogens (tertiary/aromatic N) is 16. The van der Waals surface area contributed by atoms with E-state index < -0.39 is 0 Å². The van der Waals surface area contributed by atoms with Gasteiger partial charge in [0.2, 0.25) is 29.1 Å². The molecule has 45 heteroatoms. The predicted molar refractivity (Wildman–Crippen MR) is 587 cm³/mol. The highest BCUT2D eigenvalue weighted by Crippen LogP contribution is 2.44. The fourth-order valence-electron chi connectivity index (χ4n) is 15.7. The first-order chi connectivity index (χ1) is 72.0. The molecule has 0 unspecified atom stereocenters. The van der Waals surface area contributed by atoms with Crippen LogP contribution in [-0.2, 0) is 4.74 Å². The van der Waals surface area contributed by atoms with Gasteiger partial charge in [0.05, 0.1) is 164 Å². The summed E-state index contributed by atoms with van der Waals surface area (Å²) in [7, 11) is 17.6. The molecule has 11 aromatic heterocycles. The van der Waals surface area contributed by atoms with Gasteiger partial charge < -0.3 is 100.0 Å². The molecule has 0 aliphatic heterocycles. The van der Waals surface area contributed by atoms with Gasteiger partial charge in [-0.05, 0) is 182 Å². The summed E-state index contributed by atoms with van der Waals surface area (Å²) in [5.41, 5.74) is 14.2. The van der Waals surface area contributed by atoms with E-state index in [0.29, 0.717) is 152 Å². The summed E-state index contributed by atoms with van der Waals surface area (Å²) in [5.74, 6) is 10.7. The lowest BCUT2D eigenvalue weighted by molar-refractivity contribution is 0.210. The zero-order valence-corrected chi connectivity index (χ0v) is 85.6. The van der Waals surface area contributed by atoms with Gasteiger partial charge in [-0.1, -0.05) is 0 Å². The summed E-state index contributed by atoms with van der Waals surface area (Å²) in [4.78, 5) is 49.9. The van der Waals surface area contributed by atoms with E-state index in [1.807, 2.05) is 152 Å². The SMILES string of the molecule is COCCNc1nc(Nc2ccc3[nH]ncc3c2)c2cc(OC)c(OC)cc2n1.COc1cc2nc(Cl)nc(Nc3ccc4[nH]ncc4c3)c2cc1OC.COc1cc2nc(NC3CC3)nc(Nc3ccc4[nH]ncc4c3)c2cc1OC.COc1cc2nc(Nc3ccc(F)cc3)nc(Nc3ccc4[nH]ncc4c3)c2cc1OC.COc1cc2nc(Nc3ccncc3)nc(Nc3ccc4[nH]ncc4c3)c2cc1OC.II. The third-order valence-electron chi connectivity index (χ3n) is 23.0. The lowest BCUT2D eigenvalue weighted by atomic mass is 10.2. The highest BCUT2D eigenvalue weighted by Gasteiger charge is 2.26. The molecule has 22 aromatic rings. The number of methoxy groups -OCH3 is 11. The van der Waals surface area contributed by atoms with Crippen LogP contribution in [0.15, 0.2) is 231 Å². The van der Waals surface area contributed by atoms with E-state index in [9.17, 15) is 4.39 Å². The van der Waals surface area contributed by atoms with E-state index in [0.717, 1.165) is 139 Å². The van der Waals surface area contributed by atoms with E-state index in [2.05, 4.69) is 181 Å². The van der Waals surface area contributed by atoms with E-state index in [-0.39, 0.29) is 11.1 Å². The Bertz CT molecular complexity index is 8450. The number of ether oxygens (including phenoxy) is 11. The van der Waals surface area contributed by atoms with Gasteiger partial charge in [0.15, 0.2) is 57.5 Å². The average molecular weight is 2220 g/mol. The average Bonchev–Trinajstić information content (AvgIpc) is 1.81. The Balaban J connectivity index is 0.000000120. The van der Waals surface area contributed by atoms with Crippen molar-refractivity contribution in [2.45, 2.75) is 18.9 Å². The first-order valence-electron chi connectivity index (χ1n) is 45.2. The third kappa shape index (κ3) is 23.5. The van der Waals surface area contributed by atoms with Crippen LogP contribution in [0.3, 0.4) is 0 Å². The minimum atomic E-state index is -0.316. The van der Waals surface area contributed by atoms with Crippen molar-refractivity contribution in [1.29, 1.82) is 0 Å². The number of hydrogen-bond acceptors (Lipinski definition) is 36. The fraction of sp³-hybridized carbons (Fsp3) is 0.157. The Morgan fingerprint density at radius 2 is 0.565 bits per heavy atom. The summed E-state index contributed by atoms with van der Waals surface area (Å²) in [6.45, 7) is 1.14. The summed E-state index contributed by atoms with van der Waals surface area (Å²) < 4.78 is 72.7. The number of fused-ring (bicyclic) bond motifs is 10. The molecular formula is C102H94ClFI2N30O11. The molecule has 0 spiro atoms. The Hall–Kier alpha value is -17.5. The highest BCUT2D eigenvalue weighted by molar-refractivity contribution is 15.0. The molecule has 1 fully saturated rings. The number of anilines is 16. The molecule has 0 amide bonds. The summed E-state index contributed by atoms with van der Waals surface area (Å²) in [6, 6.07) is 58.1. The van der Waals surface area contributed by atoms with Crippen LogP contribution >= 0.6 is 48.8 Å². The Labute approximate surface area is 864 Å². The summed E-state index contributed by atoms with van der Waals surface area (Å²) in [5, 5.41) is 73.9. The molecule has 11 heterocycles. The lowest BCUT2D eigenvalue weighted by Crippen LogP contribution is -2.11. The van der Waals surface area contributed by atoms with Crippen LogP contribution in [0, 0.1) is 5.82 Å². The molecule has 0 radical (unpaired) electrons. The number of pyridine rings is 1. The number of nitrogens with one attached hydrogen (secondary N) is 14. The van der Waals surface area contributed by atoms with Crippen molar-refractivity contribution in [3.63, 3.8) is 0 Å². The van der Waals surface area contributed by atoms with E-state index >= 15 is 0 Å². The third-order valence-corrected chi connectivity index (χ3v) is 23.2. The van der Waals surface area contributed by atoms with Crippen molar-refractivity contribution >= 4 is 251 Å². The van der Waals surface area contributed by atoms with Gasteiger partial charge in [0, 0.05) is 193 Å². The fourth-order valence-corrected chi connectivity index (χ4v) is 15.8. The van der Waals surface area contributed by atoms with Crippen molar-refractivity contribution in [2.24, 2.45) is 0 Å². The molecule has 1 aliphatic rings. The van der Waals surface area contributed by atoms with Crippen LogP contribution in [0.2, 0.25) is 5.28 Å². The summed E-state index contributed by atoms with van der Waals surface area (Å²) >= 11 is 10.3. The van der Waals surface area contributed by atoms with Crippen LogP contribution in [0.25, 0.3) is 109 Å². The first kappa shape index (κ1) is 99.6. The van der Waals surface area contributed by atoms with Crippen molar-refractivity contribution < 1.29 is 56.5 Å². The van der Waals surface area contributed by atoms with Crippen molar-refractivity contribution in [1.82, 2.24) is 106 Å². The Morgan fingerprint density at radius 1 is 0.299 bits per heavy atom. The van der Waals surface area contributed by atoms with Crippen molar-refractivity contribution in [3.05, 3.63) is 243 Å². The zero-order valence-electron chi connectivity index (χ0n) is 80.5. The van der Waals surface area contributed by atoms with E-state index in [4.69, 9.17) is 73.7 Å². The number of halogens is 4. The van der Waals surface area contributed by atoms with Crippen LogP contribution in [0.5, 0.6) is 57.5 Å². The number of H-pyrrole nitrogens is 5. The molecule has 0 saturated heterocycles. The number of rotatable bonds is 30. The van der Waals surface area contributed by atoms with Crippen LogP contribution in [-0.4, -0.2) is 203 Å². The van der Waals surface area contributed by atoms with Crippen molar-refractivity contribution in [3.8, 4) is 57.5 Å². The van der Waals surface area contributed by atoms with Crippen molar-refractivity contribution in [2.75, 3.05) is 139 Å². The highest BCUT2D eigenvalue weighted by atomic mass is 128. The molecule has 14 N–H and O–H groups in total. The second-order valence-electron chi connectivity index (χ2n) is 32.4. The van der Waals surface area contributed by atoms with Gasteiger partial charge in [-0.3, -0.25) is 30.5 Å². The van der Waals surface area contributed by atoms with E-state index in [1.165, 1.54) is 12.1 Å². The van der Waals surface area contributed by atoms with Crippen LogP contribution in [0.4, 0.5) is 97.1 Å². The molecule has 746 valence electrons. The zero-order chi connectivity index (χ0) is 102. The molecule has 11 aromatic carbocycles.